The molecule has 5 rings (SSSR count). The topological polar surface area (TPSA) is 105 Å². The molecule has 38 heavy (non-hydrogen) atoms. The van der Waals surface area contributed by atoms with E-state index >= 15 is 0 Å². The number of hydrogen-bond donors (Lipinski definition) is 3. The maximum atomic E-state index is 8.20. The van der Waals surface area contributed by atoms with Crippen molar-refractivity contribution >= 4 is 33.1 Å². The number of aliphatic hydroxyl groups is 1. The van der Waals surface area contributed by atoms with Crippen LogP contribution >= 0.6 is 11.3 Å². The maximum absolute atomic E-state index is 8.20. The maximum Gasteiger partial charge on any atom is 0.274 e. The summed E-state index contributed by atoms with van der Waals surface area (Å²) in [5.41, 5.74) is 7.55. The molecule has 3 N–H and O–H groups in total. The first-order valence-corrected chi connectivity index (χ1v) is 14.4. The van der Waals surface area contributed by atoms with Crippen LogP contribution in [0.5, 0.6) is 5.19 Å². The Balaban J connectivity index is 0.000000426. The standard InChI is InChI=1S/C24H29N5OS.C4H11NO2/c1-2-3-17-15-26-23(27-16-17)29-12-8-20(9-13-29)30-24-28-21-5-4-19(14-22(21)31-24)18-6-10-25-11-7-18;1-7-5-3-2-4-6/h4-6,14-16,20,25H,2-3,7-13H2,1H3;5-6H,2-4H2,1H3. The van der Waals surface area contributed by atoms with E-state index in [1.807, 2.05) is 12.4 Å². The molecule has 206 valence electrons. The molecule has 0 spiro atoms. The number of rotatable bonds is 10. The van der Waals surface area contributed by atoms with Gasteiger partial charge in [0.05, 0.1) is 17.3 Å². The zero-order valence-corrected chi connectivity index (χ0v) is 23.3. The molecule has 4 heterocycles. The second kappa shape index (κ2) is 15.1. The van der Waals surface area contributed by atoms with Crippen LogP contribution in [-0.2, 0) is 11.3 Å². The third kappa shape index (κ3) is 8.18. The van der Waals surface area contributed by atoms with Gasteiger partial charge in [0, 0.05) is 58.0 Å². The van der Waals surface area contributed by atoms with Crippen molar-refractivity contribution < 1.29 is 14.7 Å². The molecule has 9 nitrogen and oxygen atoms in total. The molecular weight excluding hydrogens is 500 g/mol. The fourth-order valence-corrected chi connectivity index (χ4v) is 5.46. The van der Waals surface area contributed by atoms with E-state index in [9.17, 15) is 0 Å². The summed E-state index contributed by atoms with van der Waals surface area (Å²) >= 11 is 1.66. The number of benzene rings is 1. The van der Waals surface area contributed by atoms with Crippen LogP contribution in [0.25, 0.3) is 15.8 Å². The number of aromatic nitrogens is 3. The van der Waals surface area contributed by atoms with E-state index in [1.54, 1.807) is 18.4 Å². The Hall–Kier alpha value is -2.63. The van der Waals surface area contributed by atoms with Crippen LogP contribution in [0.15, 0.2) is 36.7 Å². The van der Waals surface area contributed by atoms with Gasteiger partial charge in [-0.25, -0.2) is 20.4 Å². The van der Waals surface area contributed by atoms with Gasteiger partial charge in [0.15, 0.2) is 0 Å². The Labute approximate surface area is 229 Å². The molecule has 0 radical (unpaired) electrons. The van der Waals surface area contributed by atoms with Gasteiger partial charge in [-0.05, 0) is 54.6 Å². The van der Waals surface area contributed by atoms with E-state index in [2.05, 4.69) is 61.7 Å². The molecule has 0 aliphatic carbocycles. The van der Waals surface area contributed by atoms with Gasteiger partial charge in [-0.3, -0.25) is 0 Å². The number of hydroxylamine groups is 1. The number of hydrogen-bond acceptors (Lipinski definition) is 10. The van der Waals surface area contributed by atoms with Gasteiger partial charge in [-0.1, -0.05) is 36.8 Å². The summed E-state index contributed by atoms with van der Waals surface area (Å²) in [6.45, 7) is 6.94. The molecule has 0 amide bonds. The summed E-state index contributed by atoms with van der Waals surface area (Å²) in [7, 11) is 1.55. The second-order valence-corrected chi connectivity index (χ2v) is 10.5. The molecule has 0 atom stereocenters. The monoisotopic (exact) mass is 540 g/mol. The first-order valence-electron chi connectivity index (χ1n) is 13.6. The normalized spacial score (nSPS) is 16.2. The van der Waals surface area contributed by atoms with Gasteiger partial charge < -0.3 is 24.9 Å². The molecule has 0 bridgehead atoms. The third-order valence-electron chi connectivity index (χ3n) is 6.61. The smallest absolute Gasteiger partial charge is 0.274 e. The van der Waals surface area contributed by atoms with Crippen LogP contribution in [0.3, 0.4) is 0 Å². The van der Waals surface area contributed by atoms with Crippen LogP contribution in [0, 0.1) is 0 Å². The lowest BCUT2D eigenvalue weighted by atomic mass is 10.0. The summed E-state index contributed by atoms with van der Waals surface area (Å²) in [5, 5.41) is 12.4. The number of anilines is 1. The molecule has 1 saturated heterocycles. The summed E-state index contributed by atoms with van der Waals surface area (Å²) < 4.78 is 7.48. The van der Waals surface area contributed by atoms with E-state index in [-0.39, 0.29) is 12.7 Å². The SMILES string of the molecule is CCCc1cnc(N2CCC(Oc3nc4ccc(C5=CCNCC5)cc4s3)CC2)nc1.CONCCCO. The molecule has 2 aliphatic heterocycles. The molecule has 10 heteroatoms. The molecule has 1 fully saturated rings. The van der Waals surface area contributed by atoms with E-state index in [1.165, 1.54) is 21.4 Å². The van der Waals surface area contributed by atoms with Gasteiger partial charge >= 0.3 is 0 Å². The van der Waals surface area contributed by atoms with Gasteiger partial charge in [0.2, 0.25) is 5.95 Å². The van der Waals surface area contributed by atoms with Crippen molar-refractivity contribution in [3.05, 3.63) is 47.8 Å². The minimum absolute atomic E-state index is 0.197. The second-order valence-electron chi connectivity index (χ2n) is 9.47. The predicted octanol–water partition coefficient (Wildman–Crippen LogP) is 3.98. The minimum Gasteiger partial charge on any atom is -0.467 e. The summed E-state index contributed by atoms with van der Waals surface area (Å²) in [6.07, 6.45) is 12.3. The lowest BCUT2D eigenvalue weighted by Crippen LogP contribution is -2.39. The highest BCUT2D eigenvalue weighted by molar-refractivity contribution is 7.20. The molecule has 0 saturated carbocycles. The highest BCUT2D eigenvalue weighted by Gasteiger charge is 2.23. The Morgan fingerprint density at radius 1 is 1.21 bits per heavy atom. The van der Waals surface area contributed by atoms with Crippen LogP contribution in [0.4, 0.5) is 5.95 Å². The molecule has 2 aliphatic rings. The van der Waals surface area contributed by atoms with Crippen LogP contribution in [0.2, 0.25) is 0 Å². The quantitative estimate of drug-likeness (QED) is 0.260. The minimum atomic E-state index is 0.197. The molecule has 3 aromatic rings. The Kier molecular flexibility index (Phi) is 11.3. The Bertz CT molecular complexity index is 1140. The third-order valence-corrected chi connectivity index (χ3v) is 7.52. The number of ether oxygens (including phenoxy) is 1. The zero-order chi connectivity index (χ0) is 26.6. The molecular formula is C28H40N6O3S. The Morgan fingerprint density at radius 2 is 2.03 bits per heavy atom. The van der Waals surface area contributed by atoms with Crippen molar-refractivity contribution in [1.29, 1.82) is 0 Å². The number of aryl methyl sites for hydroxylation is 1. The van der Waals surface area contributed by atoms with Crippen LogP contribution in [-0.4, -0.2) is 72.6 Å². The Morgan fingerprint density at radius 3 is 2.71 bits per heavy atom. The summed E-state index contributed by atoms with van der Waals surface area (Å²) in [5.74, 6) is 0.832. The highest BCUT2D eigenvalue weighted by atomic mass is 32.1. The molecule has 0 unspecified atom stereocenters. The van der Waals surface area contributed by atoms with E-state index in [0.29, 0.717) is 6.54 Å². The summed E-state index contributed by atoms with van der Waals surface area (Å²) in [4.78, 5) is 20.6. The van der Waals surface area contributed by atoms with Crippen molar-refractivity contribution in [2.45, 2.75) is 51.6 Å². The predicted molar refractivity (Wildman–Crippen MR) is 154 cm³/mol. The fourth-order valence-electron chi connectivity index (χ4n) is 4.54. The van der Waals surface area contributed by atoms with Gasteiger partial charge in [-0.2, -0.15) is 0 Å². The molecule has 2 aromatic heterocycles. The van der Waals surface area contributed by atoms with Gasteiger partial charge in [0.25, 0.3) is 5.19 Å². The lowest BCUT2D eigenvalue weighted by Gasteiger charge is -2.31. The number of thiazole rings is 1. The average Bonchev–Trinajstić information content (AvgIpc) is 3.37. The van der Waals surface area contributed by atoms with Crippen molar-refractivity contribution in [3.63, 3.8) is 0 Å². The highest BCUT2D eigenvalue weighted by Crippen LogP contribution is 2.33. The van der Waals surface area contributed by atoms with Gasteiger partial charge in [0.1, 0.15) is 6.10 Å². The van der Waals surface area contributed by atoms with E-state index < -0.39 is 0 Å². The van der Waals surface area contributed by atoms with Crippen molar-refractivity contribution in [1.82, 2.24) is 25.7 Å². The van der Waals surface area contributed by atoms with E-state index in [0.717, 1.165) is 81.4 Å². The molecule has 1 aromatic carbocycles. The fraction of sp³-hybridized carbons (Fsp3) is 0.536. The lowest BCUT2D eigenvalue weighted by molar-refractivity contribution is 0.0865. The number of piperidine rings is 1. The van der Waals surface area contributed by atoms with Crippen LogP contribution < -0.4 is 20.4 Å². The number of fused-ring (bicyclic) bond motifs is 1. The van der Waals surface area contributed by atoms with E-state index in [4.69, 9.17) is 14.8 Å². The number of aliphatic hydroxyl groups excluding tert-OH is 1. The number of nitrogens with zero attached hydrogens (tertiary/aromatic N) is 4. The zero-order valence-electron chi connectivity index (χ0n) is 22.5. The first kappa shape index (κ1) is 28.4. The van der Waals surface area contributed by atoms with Crippen LogP contribution in [0.1, 0.15) is 50.2 Å². The van der Waals surface area contributed by atoms with Crippen molar-refractivity contribution in [2.75, 3.05) is 51.3 Å². The largest absolute Gasteiger partial charge is 0.467 e. The summed E-state index contributed by atoms with van der Waals surface area (Å²) in [6, 6.07) is 6.57. The first-order chi connectivity index (χ1) is 18.7. The average molecular weight is 541 g/mol. The van der Waals surface area contributed by atoms with Crippen molar-refractivity contribution in [2.24, 2.45) is 0 Å². The number of nitrogens with one attached hydrogen (secondary N) is 2. The van der Waals surface area contributed by atoms with Gasteiger partial charge in [-0.15, -0.1) is 0 Å². The van der Waals surface area contributed by atoms with Crippen molar-refractivity contribution in [3.8, 4) is 5.19 Å².